The summed E-state index contributed by atoms with van der Waals surface area (Å²) in [5, 5.41) is 11.3. The molecule has 0 heterocycles. The van der Waals surface area contributed by atoms with Crippen LogP contribution in [0.3, 0.4) is 0 Å². The van der Waals surface area contributed by atoms with Gasteiger partial charge in [0.05, 0.1) is 17.8 Å². The van der Waals surface area contributed by atoms with Crippen molar-refractivity contribution in [3.63, 3.8) is 0 Å². The first-order chi connectivity index (χ1) is 9.89. The molecule has 0 spiro atoms. The topological polar surface area (TPSA) is 58.6 Å². The van der Waals surface area contributed by atoms with Crippen LogP contribution < -0.4 is 5.32 Å². The molecule has 0 saturated carbocycles. The highest BCUT2D eigenvalue weighted by Gasteiger charge is 2.19. The van der Waals surface area contributed by atoms with E-state index < -0.39 is 17.3 Å². The quantitative estimate of drug-likeness (QED) is 0.813. The molecular weight excluding hydrogens is 273 g/mol. The van der Waals surface area contributed by atoms with Crippen LogP contribution in [0.5, 0.6) is 0 Å². The zero-order valence-corrected chi connectivity index (χ0v) is 12.5. The first-order valence-electron chi connectivity index (χ1n) is 6.62. The molecule has 0 aliphatic rings. The molecule has 5 heteroatoms. The molecule has 0 bridgehead atoms. The Morgan fingerprint density at radius 2 is 2.19 bits per heavy atom. The summed E-state index contributed by atoms with van der Waals surface area (Å²) in [6.07, 6.45) is 0.334. The number of hydrogen-bond donors (Lipinski definition) is 2. The van der Waals surface area contributed by atoms with E-state index in [2.05, 4.69) is 17.2 Å². The van der Waals surface area contributed by atoms with E-state index in [1.807, 2.05) is 13.8 Å². The van der Waals surface area contributed by atoms with E-state index in [0.717, 1.165) is 0 Å². The Labute approximate surface area is 124 Å². The van der Waals surface area contributed by atoms with Gasteiger partial charge >= 0.3 is 0 Å². The number of nitrogens with one attached hydrogen (secondary N) is 1. The first kappa shape index (κ1) is 17.2. The average molecular weight is 293 g/mol. The molecule has 21 heavy (non-hydrogen) atoms. The molecule has 0 radical (unpaired) electrons. The zero-order valence-electron chi connectivity index (χ0n) is 12.5. The highest BCUT2D eigenvalue weighted by Crippen LogP contribution is 2.11. The van der Waals surface area contributed by atoms with Crippen molar-refractivity contribution in [2.75, 3.05) is 20.3 Å². The molecule has 0 unspecified atom stereocenters. The third-order valence-electron chi connectivity index (χ3n) is 2.91. The summed E-state index contributed by atoms with van der Waals surface area (Å²) in [6, 6.07) is 4.10. The van der Waals surface area contributed by atoms with Crippen LogP contribution in [-0.4, -0.2) is 36.9 Å². The minimum atomic E-state index is -0.601. The minimum Gasteiger partial charge on any atom is -0.395 e. The lowest BCUT2D eigenvalue weighted by molar-refractivity contribution is 0.0228. The van der Waals surface area contributed by atoms with E-state index in [4.69, 9.17) is 9.84 Å². The van der Waals surface area contributed by atoms with Crippen molar-refractivity contribution in [3.05, 3.63) is 35.1 Å². The molecule has 0 aliphatic carbocycles. The summed E-state index contributed by atoms with van der Waals surface area (Å²) >= 11 is 0. The number of hydrogen-bond acceptors (Lipinski definition) is 3. The van der Waals surface area contributed by atoms with Crippen LogP contribution in [0.2, 0.25) is 0 Å². The van der Waals surface area contributed by atoms with E-state index in [-0.39, 0.29) is 18.7 Å². The lowest BCUT2D eigenvalue weighted by atomic mass is 10.1. The molecule has 0 fully saturated rings. The highest BCUT2D eigenvalue weighted by molar-refractivity contribution is 5.94. The third kappa shape index (κ3) is 5.54. The Hall–Kier alpha value is -1.90. The lowest BCUT2D eigenvalue weighted by Crippen LogP contribution is -2.40. The standard InChI is InChI=1S/C16H20FNO3/c1-16(2,21-3)11-18-15(20)13-10-12(6-4-5-9-19)7-8-14(13)17/h7-8,10,19H,5,9,11H2,1-3H3,(H,18,20). The first-order valence-corrected chi connectivity index (χ1v) is 6.62. The van der Waals surface area contributed by atoms with Gasteiger partial charge in [-0.25, -0.2) is 4.39 Å². The molecule has 0 aliphatic heterocycles. The van der Waals surface area contributed by atoms with Gasteiger partial charge < -0.3 is 15.2 Å². The summed E-state index contributed by atoms with van der Waals surface area (Å²) in [4.78, 5) is 12.0. The number of aliphatic hydroxyl groups excluding tert-OH is 1. The average Bonchev–Trinajstić information content (AvgIpc) is 2.47. The van der Waals surface area contributed by atoms with Gasteiger partial charge in [0.25, 0.3) is 5.91 Å². The Kier molecular flexibility index (Phi) is 6.35. The second-order valence-corrected chi connectivity index (χ2v) is 5.12. The normalized spacial score (nSPS) is 10.7. The molecule has 0 atom stereocenters. The molecule has 0 saturated heterocycles. The number of aliphatic hydroxyl groups is 1. The number of ether oxygens (including phenoxy) is 1. The Morgan fingerprint density at radius 3 is 2.81 bits per heavy atom. The fourth-order valence-electron chi connectivity index (χ4n) is 1.46. The molecule has 0 aromatic heterocycles. The smallest absolute Gasteiger partial charge is 0.254 e. The van der Waals surface area contributed by atoms with Crippen molar-refractivity contribution >= 4 is 5.91 Å². The second kappa shape index (κ2) is 7.77. The van der Waals surface area contributed by atoms with Crippen LogP contribution >= 0.6 is 0 Å². The van der Waals surface area contributed by atoms with Crippen molar-refractivity contribution in [2.45, 2.75) is 25.9 Å². The van der Waals surface area contributed by atoms with Crippen LogP contribution in [0.25, 0.3) is 0 Å². The number of carbonyl (C=O) groups excluding carboxylic acids is 1. The Balaban J connectivity index is 2.84. The maximum atomic E-state index is 13.7. The van der Waals surface area contributed by atoms with Gasteiger partial charge in [-0.05, 0) is 32.0 Å². The summed E-state index contributed by atoms with van der Waals surface area (Å²) in [5.41, 5.74) is -0.0521. The van der Waals surface area contributed by atoms with E-state index >= 15 is 0 Å². The van der Waals surface area contributed by atoms with Gasteiger partial charge in [0.1, 0.15) is 5.82 Å². The van der Waals surface area contributed by atoms with Crippen LogP contribution in [0, 0.1) is 17.7 Å². The fraction of sp³-hybridized carbons (Fsp3) is 0.438. The third-order valence-corrected chi connectivity index (χ3v) is 2.91. The summed E-state index contributed by atoms with van der Waals surface area (Å²) in [6.45, 7) is 3.87. The second-order valence-electron chi connectivity index (χ2n) is 5.12. The van der Waals surface area contributed by atoms with Crippen LogP contribution in [-0.2, 0) is 4.74 Å². The van der Waals surface area contributed by atoms with Crippen molar-refractivity contribution < 1.29 is 19.0 Å². The number of halogens is 1. The molecule has 2 N–H and O–H groups in total. The number of rotatable bonds is 5. The Bertz CT molecular complexity index is 558. The summed E-state index contributed by atoms with van der Waals surface area (Å²) < 4.78 is 18.9. The molecule has 1 amide bonds. The van der Waals surface area contributed by atoms with Crippen molar-refractivity contribution in [1.82, 2.24) is 5.32 Å². The molecule has 4 nitrogen and oxygen atoms in total. The van der Waals surface area contributed by atoms with Crippen molar-refractivity contribution in [3.8, 4) is 11.8 Å². The van der Waals surface area contributed by atoms with Crippen LogP contribution in [0.15, 0.2) is 18.2 Å². The van der Waals surface area contributed by atoms with E-state index in [1.54, 1.807) is 7.11 Å². The zero-order chi connectivity index (χ0) is 15.9. The fourth-order valence-corrected chi connectivity index (χ4v) is 1.46. The van der Waals surface area contributed by atoms with Gasteiger partial charge in [0, 0.05) is 25.6 Å². The molecule has 1 aromatic rings. The van der Waals surface area contributed by atoms with Gasteiger partial charge in [-0.3, -0.25) is 4.79 Å². The molecule has 1 aromatic carbocycles. The number of carbonyl (C=O) groups is 1. The molecule has 114 valence electrons. The highest BCUT2D eigenvalue weighted by atomic mass is 19.1. The van der Waals surface area contributed by atoms with Crippen molar-refractivity contribution in [1.29, 1.82) is 0 Å². The minimum absolute atomic E-state index is 0.0341. The summed E-state index contributed by atoms with van der Waals surface area (Å²) in [7, 11) is 1.55. The summed E-state index contributed by atoms with van der Waals surface area (Å²) in [5.74, 6) is 4.39. The lowest BCUT2D eigenvalue weighted by Gasteiger charge is -2.23. The van der Waals surface area contributed by atoms with Gasteiger partial charge in [-0.1, -0.05) is 11.8 Å². The van der Waals surface area contributed by atoms with E-state index in [9.17, 15) is 9.18 Å². The van der Waals surface area contributed by atoms with E-state index in [0.29, 0.717) is 12.0 Å². The van der Waals surface area contributed by atoms with Gasteiger partial charge in [0.15, 0.2) is 0 Å². The van der Waals surface area contributed by atoms with Gasteiger partial charge in [-0.15, -0.1) is 0 Å². The van der Waals surface area contributed by atoms with Gasteiger partial charge in [-0.2, -0.15) is 0 Å². The number of amides is 1. The molecule has 1 rings (SSSR count). The van der Waals surface area contributed by atoms with Crippen molar-refractivity contribution in [2.24, 2.45) is 0 Å². The monoisotopic (exact) mass is 293 g/mol. The maximum Gasteiger partial charge on any atom is 0.254 e. The predicted molar refractivity (Wildman–Crippen MR) is 78.4 cm³/mol. The largest absolute Gasteiger partial charge is 0.395 e. The number of methoxy groups -OCH3 is 1. The SMILES string of the molecule is COC(C)(C)CNC(=O)c1cc(C#CCCO)ccc1F. The van der Waals surface area contributed by atoms with E-state index in [1.165, 1.54) is 18.2 Å². The van der Waals surface area contributed by atoms with Crippen LogP contribution in [0.1, 0.15) is 36.2 Å². The van der Waals surface area contributed by atoms with Crippen LogP contribution in [0.4, 0.5) is 4.39 Å². The molecular formula is C16H20FNO3. The number of benzene rings is 1. The maximum absolute atomic E-state index is 13.7. The Morgan fingerprint density at radius 1 is 1.48 bits per heavy atom. The predicted octanol–water partition coefficient (Wildman–Crippen LogP) is 1.71. The van der Waals surface area contributed by atoms with Gasteiger partial charge in [0.2, 0.25) is 0 Å².